The summed E-state index contributed by atoms with van der Waals surface area (Å²) in [6.07, 6.45) is 0. The molecule has 2 aromatic carbocycles. The molecule has 2 rings (SSSR count). The second-order valence-corrected chi connectivity index (χ2v) is 5.00. The second-order valence-electron chi connectivity index (χ2n) is 5.00. The Morgan fingerprint density at radius 3 is 2.15 bits per heavy atom. The van der Waals surface area contributed by atoms with Gasteiger partial charge in [-0.15, -0.1) is 0 Å². The third kappa shape index (κ3) is 2.82. The van der Waals surface area contributed by atoms with Gasteiger partial charge in [-0.1, -0.05) is 18.2 Å². The molecule has 1 amide bonds. The first kappa shape index (κ1) is 14.1. The van der Waals surface area contributed by atoms with Crippen LogP contribution in [0.25, 0.3) is 0 Å². The number of carbonyl (C=O) groups is 1. The highest BCUT2D eigenvalue weighted by atomic mass is 16.1. The molecule has 0 radical (unpaired) electrons. The molecule has 0 aliphatic rings. The van der Waals surface area contributed by atoms with Crippen molar-refractivity contribution in [1.29, 1.82) is 0 Å². The van der Waals surface area contributed by atoms with Crippen LogP contribution in [0.3, 0.4) is 0 Å². The molecule has 0 aromatic heterocycles. The van der Waals surface area contributed by atoms with Crippen LogP contribution in [-0.2, 0) is 0 Å². The third-order valence-corrected chi connectivity index (χ3v) is 3.48. The number of benzene rings is 2. The molecule has 2 aromatic rings. The fraction of sp³-hybridized carbons (Fsp3) is 0.235. The number of hydrogen-bond donors (Lipinski definition) is 2. The Hall–Kier alpha value is -2.29. The summed E-state index contributed by atoms with van der Waals surface area (Å²) >= 11 is 0. The molecule has 0 saturated carbocycles. The number of rotatable bonds is 3. The van der Waals surface area contributed by atoms with E-state index in [4.69, 9.17) is 0 Å². The average Bonchev–Trinajstić information content (AvgIpc) is 2.42. The fourth-order valence-corrected chi connectivity index (χ4v) is 2.27. The van der Waals surface area contributed by atoms with E-state index in [1.54, 1.807) is 0 Å². The van der Waals surface area contributed by atoms with Crippen molar-refractivity contribution in [2.75, 3.05) is 17.7 Å². The minimum Gasteiger partial charge on any atom is -0.388 e. The third-order valence-electron chi connectivity index (χ3n) is 3.48. The normalized spacial score (nSPS) is 10.2. The lowest BCUT2D eigenvalue weighted by molar-refractivity contribution is 0.102. The van der Waals surface area contributed by atoms with Crippen LogP contribution >= 0.6 is 0 Å². The lowest BCUT2D eigenvalue weighted by Crippen LogP contribution is -2.15. The van der Waals surface area contributed by atoms with Crippen molar-refractivity contribution < 1.29 is 4.79 Å². The predicted molar refractivity (Wildman–Crippen MR) is 84.6 cm³/mol. The summed E-state index contributed by atoms with van der Waals surface area (Å²) < 4.78 is 0. The van der Waals surface area contributed by atoms with Gasteiger partial charge in [-0.2, -0.15) is 0 Å². The van der Waals surface area contributed by atoms with Gasteiger partial charge >= 0.3 is 0 Å². The van der Waals surface area contributed by atoms with Crippen LogP contribution in [0, 0.1) is 20.8 Å². The van der Waals surface area contributed by atoms with Gasteiger partial charge in [0.1, 0.15) is 0 Å². The number of hydrogen-bond acceptors (Lipinski definition) is 2. The van der Waals surface area contributed by atoms with E-state index in [9.17, 15) is 4.79 Å². The molecule has 0 saturated heterocycles. The van der Waals surface area contributed by atoms with Gasteiger partial charge in [-0.05, 0) is 55.7 Å². The molecule has 0 fully saturated rings. The molecule has 0 bridgehead atoms. The van der Waals surface area contributed by atoms with E-state index < -0.39 is 0 Å². The molecule has 3 heteroatoms. The fourth-order valence-electron chi connectivity index (χ4n) is 2.27. The zero-order valence-corrected chi connectivity index (χ0v) is 12.4. The molecule has 20 heavy (non-hydrogen) atoms. The highest BCUT2D eigenvalue weighted by Crippen LogP contribution is 2.22. The summed E-state index contributed by atoms with van der Waals surface area (Å²) in [5.74, 6) is -0.0671. The van der Waals surface area contributed by atoms with Gasteiger partial charge in [-0.25, -0.2) is 0 Å². The van der Waals surface area contributed by atoms with E-state index in [1.807, 2.05) is 64.2 Å². The van der Waals surface area contributed by atoms with E-state index >= 15 is 0 Å². The molecule has 0 atom stereocenters. The zero-order chi connectivity index (χ0) is 14.7. The van der Waals surface area contributed by atoms with E-state index in [1.165, 1.54) is 0 Å². The molecule has 2 N–H and O–H groups in total. The van der Waals surface area contributed by atoms with Gasteiger partial charge in [0.15, 0.2) is 0 Å². The lowest BCUT2D eigenvalue weighted by atomic mass is 10.1. The van der Waals surface area contributed by atoms with Crippen LogP contribution in [0.15, 0.2) is 36.4 Å². The predicted octanol–water partition coefficient (Wildman–Crippen LogP) is 3.91. The number of nitrogens with one attached hydrogen (secondary N) is 2. The Morgan fingerprint density at radius 1 is 0.950 bits per heavy atom. The quantitative estimate of drug-likeness (QED) is 0.886. The van der Waals surface area contributed by atoms with Crippen molar-refractivity contribution in [3.8, 4) is 0 Å². The Bertz CT molecular complexity index is 627. The Balaban J connectivity index is 2.29. The number of aryl methyl sites for hydroxylation is 3. The minimum absolute atomic E-state index is 0.0671. The highest BCUT2D eigenvalue weighted by molar-refractivity contribution is 6.06. The first-order valence-corrected chi connectivity index (χ1v) is 6.69. The summed E-state index contributed by atoms with van der Waals surface area (Å²) in [5, 5.41) is 6.08. The van der Waals surface area contributed by atoms with Gasteiger partial charge < -0.3 is 10.6 Å². The number of anilines is 2. The maximum absolute atomic E-state index is 12.4. The van der Waals surface area contributed by atoms with Gasteiger partial charge in [0.05, 0.1) is 0 Å². The average molecular weight is 268 g/mol. The molecule has 0 unspecified atom stereocenters. The smallest absolute Gasteiger partial charge is 0.255 e. The number of amides is 1. The molecule has 0 heterocycles. The molecule has 104 valence electrons. The van der Waals surface area contributed by atoms with Crippen molar-refractivity contribution in [1.82, 2.24) is 0 Å². The van der Waals surface area contributed by atoms with Crippen LogP contribution in [0.1, 0.15) is 27.0 Å². The monoisotopic (exact) mass is 268 g/mol. The summed E-state index contributed by atoms with van der Waals surface area (Å²) in [6.45, 7) is 5.94. The molecule has 3 nitrogen and oxygen atoms in total. The van der Waals surface area contributed by atoms with Gasteiger partial charge in [-0.3, -0.25) is 4.79 Å². The molecule has 0 aliphatic carbocycles. The van der Waals surface area contributed by atoms with Crippen molar-refractivity contribution in [3.05, 3.63) is 58.7 Å². The van der Waals surface area contributed by atoms with E-state index in [-0.39, 0.29) is 5.91 Å². The van der Waals surface area contributed by atoms with Gasteiger partial charge in [0, 0.05) is 24.0 Å². The number of carbonyl (C=O) groups excluding carboxylic acids is 1. The summed E-state index contributed by atoms with van der Waals surface area (Å²) in [5.41, 5.74) is 5.71. The summed E-state index contributed by atoms with van der Waals surface area (Å²) in [6, 6.07) is 11.7. The Kier molecular flexibility index (Phi) is 4.08. The topological polar surface area (TPSA) is 41.1 Å². The van der Waals surface area contributed by atoms with Gasteiger partial charge in [0.2, 0.25) is 0 Å². The standard InChI is InChI=1S/C17H20N2O/c1-11-6-5-7-12(2)16(11)19-17(20)15-9-8-14(18-4)10-13(15)3/h5-10,18H,1-4H3,(H,19,20). The van der Waals surface area contributed by atoms with Crippen LogP contribution in [-0.4, -0.2) is 13.0 Å². The Morgan fingerprint density at radius 2 is 1.60 bits per heavy atom. The molecule has 0 aliphatic heterocycles. The van der Waals surface area contributed by atoms with E-state index in [0.717, 1.165) is 28.1 Å². The van der Waals surface area contributed by atoms with Crippen LogP contribution in [0.4, 0.5) is 11.4 Å². The SMILES string of the molecule is CNc1ccc(C(=O)Nc2c(C)cccc2C)c(C)c1. The maximum Gasteiger partial charge on any atom is 0.255 e. The van der Waals surface area contributed by atoms with Crippen molar-refractivity contribution in [2.45, 2.75) is 20.8 Å². The van der Waals surface area contributed by atoms with Crippen molar-refractivity contribution >= 4 is 17.3 Å². The number of para-hydroxylation sites is 1. The Labute approximate surface area is 120 Å². The van der Waals surface area contributed by atoms with Crippen LogP contribution < -0.4 is 10.6 Å². The van der Waals surface area contributed by atoms with Crippen LogP contribution in [0.5, 0.6) is 0 Å². The lowest BCUT2D eigenvalue weighted by Gasteiger charge is -2.13. The summed E-state index contributed by atoms with van der Waals surface area (Å²) in [7, 11) is 1.87. The zero-order valence-electron chi connectivity index (χ0n) is 12.4. The maximum atomic E-state index is 12.4. The van der Waals surface area contributed by atoms with Crippen LogP contribution in [0.2, 0.25) is 0 Å². The largest absolute Gasteiger partial charge is 0.388 e. The van der Waals surface area contributed by atoms with Crippen molar-refractivity contribution in [2.24, 2.45) is 0 Å². The first-order chi connectivity index (χ1) is 9.52. The van der Waals surface area contributed by atoms with E-state index in [0.29, 0.717) is 5.56 Å². The first-order valence-electron chi connectivity index (χ1n) is 6.69. The highest BCUT2D eigenvalue weighted by Gasteiger charge is 2.12. The second kappa shape index (κ2) is 5.78. The summed E-state index contributed by atoms with van der Waals surface area (Å²) in [4.78, 5) is 12.4. The minimum atomic E-state index is -0.0671. The molecular formula is C17H20N2O. The van der Waals surface area contributed by atoms with E-state index in [2.05, 4.69) is 10.6 Å². The molecule has 0 spiro atoms. The molecular weight excluding hydrogens is 248 g/mol. The van der Waals surface area contributed by atoms with Crippen molar-refractivity contribution in [3.63, 3.8) is 0 Å². The van der Waals surface area contributed by atoms with Gasteiger partial charge in [0.25, 0.3) is 5.91 Å².